The maximum absolute atomic E-state index is 12.9. The molecule has 1 unspecified atom stereocenters. The zero-order valence-corrected chi connectivity index (χ0v) is 51.7. The smallest absolute Gasteiger partial charge is 0.306 e. The highest BCUT2D eigenvalue weighted by Crippen LogP contribution is 2.17. The topological polar surface area (TPSA) is 78.9 Å². The van der Waals surface area contributed by atoms with E-state index in [2.05, 4.69) is 106 Å². The monoisotopic (exact) mass is 1090 g/mol. The average Bonchev–Trinajstić information content (AvgIpc) is 3.44. The van der Waals surface area contributed by atoms with Crippen molar-refractivity contribution in [2.45, 2.75) is 341 Å². The Balaban J connectivity index is 4.10. The van der Waals surface area contributed by atoms with Crippen LogP contribution in [0.1, 0.15) is 335 Å². The fourth-order valence-electron chi connectivity index (χ4n) is 9.59. The van der Waals surface area contributed by atoms with Crippen LogP contribution >= 0.6 is 0 Å². The van der Waals surface area contributed by atoms with E-state index in [1.807, 2.05) is 0 Å². The molecule has 1 atom stereocenters. The van der Waals surface area contributed by atoms with Gasteiger partial charge in [0.2, 0.25) is 0 Å². The third kappa shape index (κ3) is 63.4. The molecule has 0 saturated heterocycles. The van der Waals surface area contributed by atoms with E-state index in [-0.39, 0.29) is 31.1 Å². The van der Waals surface area contributed by atoms with Crippen LogP contribution in [0.2, 0.25) is 0 Å². The first kappa shape index (κ1) is 74.6. The van der Waals surface area contributed by atoms with Gasteiger partial charge in [-0.05, 0) is 109 Å². The van der Waals surface area contributed by atoms with Crippen molar-refractivity contribution in [2.24, 2.45) is 0 Å². The van der Waals surface area contributed by atoms with Crippen LogP contribution in [-0.4, -0.2) is 37.2 Å². The van der Waals surface area contributed by atoms with Crippen LogP contribution in [0.3, 0.4) is 0 Å². The molecule has 0 aliphatic rings. The van der Waals surface area contributed by atoms with E-state index >= 15 is 0 Å². The van der Waals surface area contributed by atoms with Crippen molar-refractivity contribution >= 4 is 17.9 Å². The molecule has 0 saturated carbocycles. The first-order valence-electron chi connectivity index (χ1n) is 33.6. The second-order valence-corrected chi connectivity index (χ2v) is 22.3. The molecular weight excluding hydrogens is 961 g/mol. The van der Waals surface area contributed by atoms with Gasteiger partial charge in [-0.3, -0.25) is 14.4 Å². The Morgan fingerprint density at radius 3 is 0.846 bits per heavy atom. The van der Waals surface area contributed by atoms with Crippen LogP contribution in [-0.2, 0) is 28.6 Å². The molecule has 0 aromatic rings. The lowest BCUT2D eigenvalue weighted by molar-refractivity contribution is -0.167. The molecule has 6 nitrogen and oxygen atoms in total. The minimum atomic E-state index is -0.780. The second kappa shape index (κ2) is 66.1. The Hall–Kier alpha value is -3.41. The van der Waals surface area contributed by atoms with Gasteiger partial charge in [0.25, 0.3) is 0 Å². The number of rotatable bonds is 61. The Bertz CT molecular complexity index is 1480. The van der Waals surface area contributed by atoms with Crippen molar-refractivity contribution in [1.82, 2.24) is 0 Å². The van der Waals surface area contributed by atoms with Gasteiger partial charge in [0.05, 0.1) is 0 Å². The zero-order valence-electron chi connectivity index (χ0n) is 51.7. The quantitative estimate of drug-likeness (QED) is 0.0261. The fraction of sp³-hybridized carbons (Fsp3) is 0.764. The highest BCUT2D eigenvalue weighted by molar-refractivity contribution is 5.71. The fourth-order valence-corrected chi connectivity index (χ4v) is 9.59. The maximum Gasteiger partial charge on any atom is 0.306 e. The zero-order chi connectivity index (χ0) is 56.4. The Labute approximate surface area is 484 Å². The molecule has 0 spiro atoms. The number of carbonyl (C=O) groups is 3. The van der Waals surface area contributed by atoms with E-state index in [0.29, 0.717) is 19.3 Å². The molecule has 0 fully saturated rings. The number of allylic oxidation sites excluding steroid dienone is 14. The van der Waals surface area contributed by atoms with Gasteiger partial charge in [0, 0.05) is 19.3 Å². The number of carbonyl (C=O) groups excluding carboxylic acids is 3. The van der Waals surface area contributed by atoms with Gasteiger partial charge in [-0.25, -0.2) is 0 Å². The van der Waals surface area contributed by atoms with Gasteiger partial charge in [-0.1, -0.05) is 292 Å². The van der Waals surface area contributed by atoms with Crippen molar-refractivity contribution in [1.29, 1.82) is 0 Å². The second-order valence-electron chi connectivity index (χ2n) is 22.3. The molecule has 0 aromatic heterocycles. The van der Waals surface area contributed by atoms with Gasteiger partial charge in [0.1, 0.15) is 13.2 Å². The molecule has 6 heteroatoms. The predicted octanol–water partition coefficient (Wildman–Crippen LogP) is 23.1. The molecule has 0 radical (unpaired) electrons. The number of hydrogen-bond acceptors (Lipinski definition) is 6. The Morgan fingerprint density at radius 2 is 0.526 bits per heavy atom. The van der Waals surface area contributed by atoms with Crippen molar-refractivity contribution in [3.05, 3.63) is 85.1 Å². The van der Waals surface area contributed by atoms with Crippen molar-refractivity contribution in [2.75, 3.05) is 13.2 Å². The third-order valence-corrected chi connectivity index (χ3v) is 14.6. The lowest BCUT2D eigenvalue weighted by Crippen LogP contribution is -2.30. The van der Waals surface area contributed by atoms with Gasteiger partial charge < -0.3 is 14.2 Å². The summed E-state index contributed by atoms with van der Waals surface area (Å²) >= 11 is 0. The van der Waals surface area contributed by atoms with Crippen molar-refractivity contribution < 1.29 is 28.6 Å². The predicted molar refractivity (Wildman–Crippen MR) is 339 cm³/mol. The maximum atomic E-state index is 12.9. The summed E-state index contributed by atoms with van der Waals surface area (Å²) in [7, 11) is 0. The summed E-state index contributed by atoms with van der Waals surface area (Å²) in [5.41, 5.74) is 0. The highest BCUT2D eigenvalue weighted by atomic mass is 16.6. The van der Waals surface area contributed by atoms with E-state index in [1.165, 1.54) is 193 Å². The normalized spacial score (nSPS) is 12.6. The van der Waals surface area contributed by atoms with Gasteiger partial charge in [-0.2, -0.15) is 0 Å². The molecule has 78 heavy (non-hydrogen) atoms. The van der Waals surface area contributed by atoms with Gasteiger partial charge in [-0.15, -0.1) is 0 Å². The van der Waals surface area contributed by atoms with Gasteiger partial charge in [0.15, 0.2) is 6.10 Å². The largest absolute Gasteiger partial charge is 0.462 e. The number of unbranched alkanes of at least 4 members (excludes halogenated alkanes) is 36. The molecule has 0 aromatic carbocycles. The molecule has 450 valence electrons. The number of ether oxygens (including phenoxy) is 3. The molecule has 0 rings (SSSR count). The van der Waals surface area contributed by atoms with Crippen LogP contribution in [0.25, 0.3) is 0 Å². The standard InChI is InChI=1S/C72H126O6/c1-4-7-10-13-16-19-22-24-26-28-29-30-31-32-33-34-35-36-37-38-39-40-41-42-43-45-46-48-50-53-56-59-62-65-71(74)77-68-69(67-76-70(73)64-61-58-55-52-21-18-15-12-9-6-3)78-72(75)66-63-60-57-54-51-49-47-44-27-25-23-20-17-14-11-8-5-2/h7,10,12,15-16,19,24-27,29-30,32-33,69H,4-6,8-9,11,13-14,17-18,20-23,28,31,34-68H2,1-3H3/b10-7-,15-12-,19-16-,26-24-,27-25-,30-29-,33-32-. The van der Waals surface area contributed by atoms with Crippen molar-refractivity contribution in [3.63, 3.8) is 0 Å². The Kier molecular flexibility index (Phi) is 63.2. The van der Waals surface area contributed by atoms with Crippen LogP contribution < -0.4 is 0 Å². The summed E-state index contributed by atoms with van der Waals surface area (Å²) in [4.78, 5) is 38.2. The average molecular weight is 1090 g/mol. The van der Waals surface area contributed by atoms with Crippen LogP contribution in [0, 0.1) is 0 Å². The van der Waals surface area contributed by atoms with E-state index in [1.54, 1.807) is 0 Å². The summed E-state index contributed by atoms with van der Waals surface area (Å²) in [5.74, 6) is -0.878. The van der Waals surface area contributed by atoms with E-state index in [9.17, 15) is 14.4 Å². The van der Waals surface area contributed by atoms with E-state index in [4.69, 9.17) is 14.2 Å². The lowest BCUT2D eigenvalue weighted by atomic mass is 10.0. The SMILES string of the molecule is CC/C=C\C/C=C\C/C=C\C/C=C\C/C=C\CCCCCCCCCCCCCCCCCCCC(=O)OCC(COC(=O)CCCCCCC/C=C\CCC)OC(=O)CCCCCCCCC/C=C\CCCCCCCC. The third-order valence-electron chi connectivity index (χ3n) is 14.6. The minimum Gasteiger partial charge on any atom is -0.462 e. The molecule has 0 aliphatic heterocycles. The minimum absolute atomic E-state index is 0.0771. The summed E-state index contributed by atoms with van der Waals surface area (Å²) in [5, 5.41) is 0. The van der Waals surface area contributed by atoms with Crippen LogP contribution in [0.4, 0.5) is 0 Å². The summed E-state index contributed by atoms with van der Waals surface area (Å²) < 4.78 is 16.9. The molecular formula is C72H126O6. The summed E-state index contributed by atoms with van der Waals surface area (Å²) in [6, 6.07) is 0. The number of esters is 3. The first-order valence-corrected chi connectivity index (χ1v) is 33.6. The molecule has 0 N–H and O–H groups in total. The Morgan fingerprint density at radius 1 is 0.269 bits per heavy atom. The van der Waals surface area contributed by atoms with Crippen LogP contribution in [0.15, 0.2) is 85.1 Å². The summed E-state index contributed by atoms with van der Waals surface area (Å²) in [6.07, 6.45) is 87.6. The highest BCUT2D eigenvalue weighted by Gasteiger charge is 2.19. The van der Waals surface area contributed by atoms with Crippen molar-refractivity contribution in [3.8, 4) is 0 Å². The molecule has 0 heterocycles. The van der Waals surface area contributed by atoms with E-state index < -0.39 is 6.10 Å². The first-order chi connectivity index (χ1) is 38.5. The lowest BCUT2D eigenvalue weighted by Gasteiger charge is -2.18. The van der Waals surface area contributed by atoms with E-state index in [0.717, 1.165) is 103 Å². The molecule has 0 amide bonds. The molecule has 0 aliphatic carbocycles. The van der Waals surface area contributed by atoms with Gasteiger partial charge >= 0.3 is 17.9 Å². The van der Waals surface area contributed by atoms with Crippen LogP contribution in [0.5, 0.6) is 0 Å². The number of hydrogen-bond donors (Lipinski definition) is 0. The molecule has 0 bridgehead atoms. The summed E-state index contributed by atoms with van der Waals surface area (Å²) in [6.45, 7) is 6.48.